The fourth-order valence-electron chi connectivity index (χ4n) is 4.44. The number of aromatic nitrogens is 4. The average molecular weight is 577 g/mol. The predicted molar refractivity (Wildman–Crippen MR) is 137 cm³/mol. The molecule has 0 bridgehead atoms. The Morgan fingerprint density at radius 2 is 1.90 bits per heavy atom. The van der Waals surface area contributed by atoms with E-state index in [1.165, 1.54) is 12.7 Å². The van der Waals surface area contributed by atoms with Gasteiger partial charge in [0.15, 0.2) is 29.5 Å². The van der Waals surface area contributed by atoms with Gasteiger partial charge in [0.25, 0.3) is 0 Å². The monoisotopic (exact) mass is 577 g/mol. The summed E-state index contributed by atoms with van der Waals surface area (Å²) < 4.78 is 38.0. The van der Waals surface area contributed by atoms with Gasteiger partial charge < -0.3 is 34.1 Å². The lowest BCUT2D eigenvalue weighted by atomic mass is 10.1. The van der Waals surface area contributed by atoms with Crippen molar-refractivity contribution in [2.45, 2.75) is 37.8 Å². The van der Waals surface area contributed by atoms with Gasteiger partial charge in [-0.15, -0.1) is 0 Å². The number of carboxylic acid groups (broad SMARTS) is 1. The van der Waals surface area contributed by atoms with E-state index >= 15 is 0 Å². The fourth-order valence-corrected chi connectivity index (χ4v) is 5.31. The molecule has 2 amide bonds. The van der Waals surface area contributed by atoms with Gasteiger partial charge in [0.2, 0.25) is 0 Å². The lowest BCUT2D eigenvalue weighted by Gasteiger charge is -2.22. The second-order valence-corrected chi connectivity index (χ2v) is 10.8. The molecule has 1 aromatic carbocycles. The van der Waals surface area contributed by atoms with Crippen molar-refractivity contribution in [3.63, 3.8) is 0 Å². The van der Waals surface area contributed by atoms with Crippen molar-refractivity contribution in [1.82, 2.24) is 30.2 Å². The number of imidazole rings is 1. The van der Waals surface area contributed by atoms with E-state index in [1.54, 1.807) is 11.5 Å². The number of nitrogens with zero attached hydrogens (tertiary/aromatic N) is 4. The highest BCUT2D eigenvalue weighted by molar-refractivity contribution is 7.52. The molecule has 2 aromatic heterocycles. The molecule has 3 aromatic rings. The largest absolute Gasteiger partial charge is 0.480 e. The molecule has 40 heavy (non-hydrogen) atoms. The third-order valence-electron chi connectivity index (χ3n) is 6.15. The number of hydrogen-bond donors (Lipinski definition) is 5. The Balaban J connectivity index is 1.39. The first kappa shape index (κ1) is 28.0. The molecule has 2 aliphatic heterocycles. The van der Waals surface area contributed by atoms with Gasteiger partial charge in [0, 0.05) is 12.1 Å². The van der Waals surface area contributed by atoms with E-state index in [0.29, 0.717) is 17.7 Å². The molecule has 0 saturated carbocycles. The summed E-state index contributed by atoms with van der Waals surface area (Å²) in [4.78, 5) is 45.7. The molecule has 2 aliphatic rings. The number of carboxylic acids is 1. The predicted octanol–water partition coefficient (Wildman–Crippen LogP) is 1.18. The molecule has 16 nitrogen and oxygen atoms in total. The number of carbonyl (C=O) groups excluding carboxylic acids is 1. The van der Waals surface area contributed by atoms with Crippen LogP contribution in [0.25, 0.3) is 11.2 Å². The smallest absolute Gasteiger partial charge is 0.341 e. The van der Waals surface area contributed by atoms with Gasteiger partial charge in [-0.1, -0.05) is 30.3 Å². The first-order valence-electron chi connectivity index (χ1n) is 12.4. The topological polar surface area (TPSA) is 208 Å². The van der Waals surface area contributed by atoms with Crippen LogP contribution in [0.2, 0.25) is 0 Å². The Hall–Kier alpha value is -3.50. The van der Waals surface area contributed by atoms with Crippen molar-refractivity contribution >= 4 is 36.6 Å². The second-order valence-electron chi connectivity index (χ2n) is 8.95. The molecule has 0 aliphatic carbocycles. The minimum atomic E-state index is -4.19. The van der Waals surface area contributed by atoms with Crippen molar-refractivity contribution in [1.29, 1.82) is 0 Å². The highest BCUT2D eigenvalue weighted by atomic mass is 31.2. The second kappa shape index (κ2) is 11.9. The van der Waals surface area contributed by atoms with Gasteiger partial charge in [-0.2, -0.15) is 0 Å². The Morgan fingerprint density at radius 3 is 2.65 bits per heavy atom. The zero-order valence-corrected chi connectivity index (χ0v) is 22.1. The maximum Gasteiger partial charge on any atom is 0.341 e. The summed E-state index contributed by atoms with van der Waals surface area (Å²) in [6.07, 6.45) is -1.59. The van der Waals surface area contributed by atoms with Gasteiger partial charge >= 0.3 is 19.6 Å². The Bertz CT molecular complexity index is 1410. The molecule has 4 heterocycles. The molecular formula is C23H28N7O9P. The first-order chi connectivity index (χ1) is 19.3. The van der Waals surface area contributed by atoms with Crippen LogP contribution in [0, 0.1) is 0 Å². The third-order valence-corrected chi connectivity index (χ3v) is 7.33. The lowest BCUT2D eigenvalue weighted by Crippen LogP contribution is -2.32. The van der Waals surface area contributed by atoms with Crippen molar-refractivity contribution < 1.29 is 42.9 Å². The number of rotatable bonds is 11. The zero-order valence-electron chi connectivity index (χ0n) is 21.2. The number of amides is 2. The Kier molecular flexibility index (Phi) is 8.37. The zero-order chi connectivity index (χ0) is 28.3. The molecule has 214 valence electrons. The summed E-state index contributed by atoms with van der Waals surface area (Å²) in [6, 6.07) is 8.81. The molecule has 2 saturated heterocycles. The maximum atomic E-state index is 12.5. The molecule has 0 radical (unpaired) electrons. The van der Waals surface area contributed by atoms with Gasteiger partial charge in [-0.05, 0) is 6.92 Å². The summed E-state index contributed by atoms with van der Waals surface area (Å²) in [5, 5.41) is 16.4. The van der Waals surface area contributed by atoms with E-state index in [9.17, 15) is 19.0 Å². The van der Waals surface area contributed by atoms with Crippen LogP contribution in [0.3, 0.4) is 0 Å². The standard InChI is InChI=1S/C23H28N7O9P/c1-2-25-23(33)29-19-16-20(27-10-26-19)30(11-28-16)21-18-17(38-22(39-18)13-6-4-3-5-7-13)14(37-21)9-36-40(34,35)12-24-8-15(31)32/h3-7,10-11,14,17-18,21-22,24H,2,8-9,12H2,1H3,(H,31,32)(H,34,35)(H2,25,26,27,29,33)/t14-,17+,18+,21-,22+/m1/s1. The van der Waals surface area contributed by atoms with Crippen molar-refractivity contribution in [2.75, 3.05) is 31.3 Å². The molecule has 0 spiro atoms. The number of ether oxygens (including phenoxy) is 3. The molecule has 2 fully saturated rings. The number of anilines is 1. The van der Waals surface area contributed by atoms with Crippen molar-refractivity contribution in [3.05, 3.63) is 48.5 Å². The van der Waals surface area contributed by atoms with Gasteiger partial charge in [0.05, 0.1) is 25.8 Å². The average Bonchev–Trinajstić information content (AvgIpc) is 3.62. The number of hydrogen-bond acceptors (Lipinski definition) is 11. The van der Waals surface area contributed by atoms with Gasteiger partial charge in [0.1, 0.15) is 24.6 Å². The number of aliphatic carboxylic acids is 1. The SMILES string of the molecule is CCNC(=O)Nc1ncnc2c1ncn2[C@@H]1O[C@H](COP(=O)(O)CNCC(=O)O)[C@@H]2O[C@H](c3ccccc3)O[C@@H]21. The Labute approximate surface area is 227 Å². The molecule has 17 heteroatoms. The van der Waals surface area contributed by atoms with Crippen LogP contribution in [0.15, 0.2) is 43.0 Å². The van der Waals surface area contributed by atoms with Crippen LogP contribution in [0.5, 0.6) is 0 Å². The highest BCUT2D eigenvalue weighted by Gasteiger charge is 2.54. The van der Waals surface area contributed by atoms with Crippen LogP contribution in [0.1, 0.15) is 25.0 Å². The van der Waals surface area contributed by atoms with Crippen LogP contribution in [-0.4, -0.2) is 85.8 Å². The van der Waals surface area contributed by atoms with Crippen LogP contribution in [0.4, 0.5) is 10.6 Å². The van der Waals surface area contributed by atoms with Crippen LogP contribution < -0.4 is 16.0 Å². The van der Waals surface area contributed by atoms with E-state index in [4.69, 9.17) is 23.8 Å². The van der Waals surface area contributed by atoms with E-state index in [0.717, 1.165) is 5.56 Å². The molecule has 6 atom stereocenters. The number of benzene rings is 1. The number of fused-ring (bicyclic) bond motifs is 2. The summed E-state index contributed by atoms with van der Waals surface area (Å²) in [6.45, 7) is 1.37. The number of nitrogens with one attached hydrogen (secondary N) is 3. The summed E-state index contributed by atoms with van der Waals surface area (Å²) in [5.74, 6) is -0.973. The first-order valence-corrected chi connectivity index (χ1v) is 14.1. The summed E-state index contributed by atoms with van der Waals surface area (Å²) >= 11 is 0. The molecule has 5 N–H and O–H groups in total. The summed E-state index contributed by atoms with van der Waals surface area (Å²) in [5.41, 5.74) is 1.44. The quantitative estimate of drug-likeness (QED) is 0.203. The fraction of sp³-hybridized carbons (Fsp3) is 0.435. The van der Waals surface area contributed by atoms with E-state index in [-0.39, 0.29) is 12.4 Å². The van der Waals surface area contributed by atoms with Gasteiger partial charge in [-0.3, -0.25) is 24.6 Å². The highest BCUT2D eigenvalue weighted by Crippen LogP contribution is 2.47. The van der Waals surface area contributed by atoms with Crippen LogP contribution >= 0.6 is 7.60 Å². The van der Waals surface area contributed by atoms with E-state index < -0.39 is 63.3 Å². The molecule has 1 unspecified atom stereocenters. The molecule has 5 rings (SSSR count). The molecular weight excluding hydrogens is 549 g/mol. The van der Waals surface area contributed by atoms with Crippen molar-refractivity contribution in [2.24, 2.45) is 0 Å². The normalized spacial score (nSPS) is 25.4. The minimum absolute atomic E-state index is 0.199. The van der Waals surface area contributed by atoms with E-state index in [2.05, 4.69) is 30.9 Å². The summed E-state index contributed by atoms with van der Waals surface area (Å²) in [7, 11) is -4.19. The van der Waals surface area contributed by atoms with Crippen molar-refractivity contribution in [3.8, 4) is 0 Å². The number of urea groups is 1. The van der Waals surface area contributed by atoms with E-state index in [1.807, 2.05) is 30.3 Å². The minimum Gasteiger partial charge on any atom is -0.480 e. The lowest BCUT2D eigenvalue weighted by molar-refractivity contribution is -0.152. The third kappa shape index (κ3) is 6.13. The number of carbonyl (C=O) groups is 2. The van der Waals surface area contributed by atoms with Gasteiger partial charge in [-0.25, -0.2) is 19.7 Å². The maximum absolute atomic E-state index is 12.5. The Morgan fingerprint density at radius 1 is 1.12 bits per heavy atom. The van der Waals surface area contributed by atoms with Crippen LogP contribution in [-0.2, 0) is 28.1 Å².